The molecule has 0 fully saturated rings. The SMILES string of the molecule is CCC[CH2][GeH2][NH2]. The first-order valence-electron chi connectivity index (χ1n) is 2.62. The fourth-order valence-corrected chi connectivity index (χ4v) is 2.05. The van der Waals surface area contributed by atoms with E-state index >= 15 is 0 Å². The van der Waals surface area contributed by atoms with Crippen molar-refractivity contribution >= 4 is 15.7 Å². The number of unbranched alkanes of at least 4 members (excludes halogenated alkanes) is 1. The van der Waals surface area contributed by atoms with Crippen molar-refractivity contribution in [3.63, 3.8) is 0 Å². The Balaban J connectivity index is 2.34. The molecule has 0 unspecified atom stereocenters. The van der Waals surface area contributed by atoms with E-state index in [0.29, 0.717) is 0 Å². The topological polar surface area (TPSA) is 26.0 Å². The van der Waals surface area contributed by atoms with E-state index in [4.69, 9.17) is 4.69 Å². The minimum atomic E-state index is -0.430. The van der Waals surface area contributed by atoms with Crippen LogP contribution in [0.3, 0.4) is 0 Å². The van der Waals surface area contributed by atoms with Crippen LogP contribution in [0, 0.1) is 0 Å². The summed E-state index contributed by atoms with van der Waals surface area (Å²) in [7, 11) is 0. The van der Waals surface area contributed by atoms with Crippen molar-refractivity contribution in [2.45, 2.75) is 25.0 Å². The van der Waals surface area contributed by atoms with Gasteiger partial charge in [0.2, 0.25) is 0 Å². The van der Waals surface area contributed by atoms with Crippen LogP contribution in [0.4, 0.5) is 0 Å². The molecule has 0 aromatic carbocycles. The van der Waals surface area contributed by atoms with Gasteiger partial charge >= 0.3 is 45.4 Å². The molecule has 0 spiro atoms. The van der Waals surface area contributed by atoms with Crippen LogP contribution in [-0.4, -0.2) is 15.7 Å². The van der Waals surface area contributed by atoms with Gasteiger partial charge in [0.25, 0.3) is 0 Å². The predicted octanol–water partition coefficient (Wildman–Crippen LogP) is 0.247. The summed E-state index contributed by atoms with van der Waals surface area (Å²) >= 11 is -0.430. The number of nitrogens with two attached hydrogens (primary N) is 1. The van der Waals surface area contributed by atoms with Crippen LogP contribution in [0.1, 0.15) is 19.8 Å². The molecule has 0 heterocycles. The van der Waals surface area contributed by atoms with Gasteiger partial charge in [-0.05, 0) is 0 Å². The van der Waals surface area contributed by atoms with E-state index in [2.05, 4.69) is 6.92 Å². The fraction of sp³-hybridized carbons (Fsp3) is 1.00. The third kappa shape index (κ3) is 4.50. The summed E-state index contributed by atoms with van der Waals surface area (Å²) < 4.78 is 5.40. The summed E-state index contributed by atoms with van der Waals surface area (Å²) in [5.41, 5.74) is 0. The Labute approximate surface area is 46.0 Å². The van der Waals surface area contributed by atoms with E-state index in [9.17, 15) is 0 Å². The zero-order chi connectivity index (χ0) is 4.83. The molecule has 1 nitrogen and oxygen atoms in total. The third-order valence-corrected chi connectivity index (χ3v) is 2.71. The van der Waals surface area contributed by atoms with E-state index in [1.807, 2.05) is 0 Å². The number of hydrogen-bond donors (Lipinski definition) is 1. The molecule has 2 N–H and O–H groups in total. The molecular weight excluding hydrogens is 135 g/mol. The number of hydrogen-bond acceptors (Lipinski definition) is 1. The van der Waals surface area contributed by atoms with Gasteiger partial charge in [-0.1, -0.05) is 0 Å². The first-order valence-corrected chi connectivity index (χ1v) is 6.43. The number of rotatable bonds is 3. The molecule has 0 aliphatic rings. The molecule has 0 saturated carbocycles. The van der Waals surface area contributed by atoms with Gasteiger partial charge in [0.15, 0.2) is 0 Å². The van der Waals surface area contributed by atoms with E-state index in [-0.39, 0.29) is 0 Å². The summed E-state index contributed by atoms with van der Waals surface area (Å²) in [4.78, 5) is 0. The Morgan fingerprint density at radius 1 is 1.67 bits per heavy atom. The summed E-state index contributed by atoms with van der Waals surface area (Å²) in [6, 6.07) is 0. The van der Waals surface area contributed by atoms with Gasteiger partial charge in [-0.15, -0.1) is 0 Å². The monoisotopic (exact) mass is 149 g/mol. The normalized spacial score (nSPS) is 11.0. The van der Waals surface area contributed by atoms with Crippen molar-refractivity contribution in [3.05, 3.63) is 0 Å². The Kier molecular flexibility index (Phi) is 5.96. The van der Waals surface area contributed by atoms with E-state index in [0.717, 1.165) is 0 Å². The van der Waals surface area contributed by atoms with Crippen LogP contribution in [0.5, 0.6) is 0 Å². The van der Waals surface area contributed by atoms with Gasteiger partial charge in [0.1, 0.15) is 0 Å². The molecule has 0 aliphatic carbocycles. The van der Waals surface area contributed by atoms with Gasteiger partial charge in [-0.3, -0.25) is 0 Å². The van der Waals surface area contributed by atoms with Crippen LogP contribution in [0.2, 0.25) is 5.25 Å². The van der Waals surface area contributed by atoms with Gasteiger partial charge in [0, 0.05) is 0 Å². The second kappa shape index (κ2) is 5.50. The Morgan fingerprint density at radius 3 is 2.50 bits per heavy atom. The summed E-state index contributed by atoms with van der Waals surface area (Å²) in [6.07, 6.45) is 2.69. The standard InChI is InChI=1S/C4H13GeN/c1-2-3-4-5-6/h2-6H2,1H3. The maximum atomic E-state index is 5.40. The van der Waals surface area contributed by atoms with Gasteiger partial charge in [-0.2, -0.15) is 0 Å². The molecule has 0 saturated heterocycles. The molecule has 0 radical (unpaired) electrons. The van der Waals surface area contributed by atoms with Crippen molar-refractivity contribution < 1.29 is 0 Å². The predicted molar refractivity (Wildman–Crippen MR) is 32.4 cm³/mol. The summed E-state index contributed by atoms with van der Waals surface area (Å²) in [5.74, 6) is 0. The van der Waals surface area contributed by atoms with Crippen LogP contribution in [0.15, 0.2) is 0 Å². The summed E-state index contributed by atoms with van der Waals surface area (Å²) in [6.45, 7) is 2.21. The Hall–Kier alpha value is 0.503. The molecular formula is C4H13GeN. The molecule has 38 valence electrons. The van der Waals surface area contributed by atoms with Crippen LogP contribution < -0.4 is 4.69 Å². The second-order valence-corrected chi connectivity index (χ2v) is 4.19. The molecule has 0 atom stereocenters. The first kappa shape index (κ1) is 6.50. The maximum absolute atomic E-state index is 5.40. The average Bonchev–Trinajstić information content (AvgIpc) is 1.61. The second-order valence-electron chi connectivity index (χ2n) is 1.50. The van der Waals surface area contributed by atoms with E-state index < -0.39 is 15.7 Å². The molecule has 2 heteroatoms. The molecule has 0 rings (SSSR count). The van der Waals surface area contributed by atoms with Crippen molar-refractivity contribution in [2.75, 3.05) is 0 Å². The quantitative estimate of drug-likeness (QED) is 0.450. The van der Waals surface area contributed by atoms with Gasteiger partial charge in [-0.25, -0.2) is 0 Å². The molecule has 0 amide bonds. The Bertz CT molecular complexity index is 19.5. The molecule has 0 aromatic heterocycles. The van der Waals surface area contributed by atoms with Crippen molar-refractivity contribution in [3.8, 4) is 0 Å². The molecule has 0 bridgehead atoms. The van der Waals surface area contributed by atoms with Crippen LogP contribution >= 0.6 is 0 Å². The first-order chi connectivity index (χ1) is 2.91. The van der Waals surface area contributed by atoms with E-state index in [1.165, 1.54) is 18.1 Å². The third-order valence-electron chi connectivity index (χ3n) is 0.808. The molecule has 6 heavy (non-hydrogen) atoms. The Morgan fingerprint density at radius 2 is 2.33 bits per heavy atom. The average molecular weight is 148 g/mol. The van der Waals surface area contributed by atoms with Crippen LogP contribution in [-0.2, 0) is 0 Å². The van der Waals surface area contributed by atoms with Gasteiger partial charge < -0.3 is 0 Å². The zero-order valence-corrected chi connectivity index (χ0v) is 7.37. The molecule has 0 aliphatic heterocycles. The van der Waals surface area contributed by atoms with Crippen molar-refractivity contribution in [1.82, 2.24) is 0 Å². The minimum absolute atomic E-state index is 0.430. The summed E-state index contributed by atoms with van der Waals surface area (Å²) in [5, 5.41) is 1.38. The van der Waals surface area contributed by atoms with Gasteiger partial charge in [0.05, 0.1) is 0 Å². The van der Waals surface area contributed by atoms with E-state index in [1.54, 1.807) is 0 Å². The van der Waals surface area contributed by atoms with Crippen molar-refractivity contribution in [1.29, 1.82) is 0 Å². The molecule has 0 aromatic rings. The van der Waals surface area contributed by atoms with Crippen molar-refractivity contribution in [2.24, 2.45) is 4.69 Å². The fourth-order valence-electron chi connectivity index (χ4n) is 0.394. The zero-order valence-electron chi connectivity index (χ0n) is 4.41. The van der Waals surface area contributed by atoms with Crippen LogP contribution in [0.25, 0.3) is 0 Å².